The molecule has 1 aromatic rings. The van der Waals surface area contributed by atoms with Crippen molar-refractivity contribution < 1.29 is 4.74 Å². The van der Waals surface area contributed by atoms with Crippen molar-refractivity contribution in [3.8, 4) is 5.88 Å². The first-order valence-corrected chi connectivity index (χ1v) is 5.45. The highest BCUT2D eigenvalue weighted by Crippen LogP contribution is 2.20. The molecule has 0 radical (unpaired) electrons. The fraction of sp³-hybridized carbons (Fsp3) is 0.545. The highest BCUT2D eigenvalue weighted by molar-refractivity contribution is 6.17. The summed E-state index contributed by atoms with van der Waals surface area (Å²) in [5, 5.41) is 3.39. The number of hydrogen-bond donors (Lipinski definition) is 1. The fourth-order valence-corrected chi connectivity index (χ4v) is 1.76. The highest BCUT2D eigenvalue weighted by atomic mass is 35.5. The quantitative estimate of drug-likeness (QED) is 0.787. The molecule has 4 heteroatoms. The summed E-state index contributed by atoms with van der Waals surface area (Å²) in [6.45, 7) is 4.23. The van der Waals surface area contributed by atoms with Gasteiger partial charge in [0.25, 0.3) is 0 Å². The van der Waals surface area contributed by atoms with Crippen molar-refractivity contribution >= 4 is 17.3 Å². The van der Waals surface area contributed by atoms with Gasteiger partial charge in [0.05, 0.1) is 7.11 Å². The molecule has 0 unspecified atom stereocenters. The van der Waals surface area contributed by atoms with E-state index < -0.39 is 0 Å². The molecule has 0 saturated heterocycles. The van der Waals surface area contributed by atoms with Gasteiger partial charge in [-0.1, -0.05) is 0 Å². The number of nitrogens with zero attached hydrogens (tertiary/aromatic N) is 1. The SMILES string of the molecule is COc1cc(NC(C)(C)CCCl)ccn1. The van der Waals surface area contributed by atoms with Gasteiger partial charge in [0.15, 0.2) is 0 Å². The van der Waals surface area contributed by atoms with Crippen molar-refractivity contribution in [2.75, 3.05) is 18.3 Å². The van der Waals surface area contributed by atoms with Gasteiger partial charge in [0.1, 0.15) is 0 Å². The number of halogens is 1. The van der Waals surface area contributed by atoms with E-state index in [1.807, 2.05) is 12.1 Å². The van der Waals surface area contributed by atoms with Crippen molar-refractivity contribution in [3.63, 3.8) is 0 Å². The first-order chi connectivity index (χ1) is 7.07. The summed E-state index contributed by atoms with van der Waals surface area (Å²) in [6.07, 6.45) is 2.62. The first-order valence-electron chi connectivity index (χ1n) is 4.91. The average molecular weight is 229 g/mol. The van der Waals surface area contributed by atoms with Crippen LogP contribution >= 0.6 is 11.6 Å². The lowest BCUT2D eigenvalue weighted by atomic mass is 10.0. The van der Waals surface area contributed by atoms with Gasteiger partial charge in [-0.3, -0.25) is 0 Å². The summed E-state index contributed by atoms with van der Waals surface area (Å²) < 4.78 is 5.05. The predicted octanol–water partition coefficient (Wildman–Crippen LogP) is 2.91. The van der Waals surface area contributed by atoms with E-state index in [1.54, 1.807) is 13.3 Å². The Bertz CT molecular complexity index is 315. The Morgan fingerprint density at radius 3 is 2.87 bits per heavy atom. The predicted molar refractivity (Wildman–Crippen MR) is 63.8 cm³/mol. The molecule has 0 aliphatic rings. The standard InChI is InChI=1S/C11H17ClN2O/c1-11(2,5-6-12)14-9-4-7-13-10(8-9)15-3/h4,7-8H,5-6H2,1-3H3,(H,13,14). The summed E-state index contributed by atoms with van der Waals surface area (Å²) >= 11 is 5.73. The third-order valence-electron chi connectivity index (χ3n) is 2.15. The van der Waals surface area contributed by atoms with Crippen molar-refractivity contribution in [3.05, 3.63) is 18.3 Å². The molecule has 0 aromatic carbocycles. The number of alkyl halides is 1. The number of nitrogens with one attached hydrogen (secondary N) is 1. The number of anilines is 1. The van der Waals surface area contributed by atoms with Crippen molar-refractivity contribution in [2.24, 2.45) is 0 Å². The van der Waals surface area contributed by atoms with Gasteiger partial charge in [-0.25, -0.2) is 4.98 Å². The van der Waals surface area contributed by atoms with Gasteiger partial charge in [0, 0.05) is 29.4 Å². The molecule has 3 nitrogen and oxygen atoms in total. The van der Waals surface area contributed by atoms with E-state index in [4.69, 9.17) is 16.3 Å². The fourth-order valence-electron chi connectivity index (χ4n) is 1.29. The smallest absolute Gasteiger partial charge is 0.214 e. The minimum Gasteiger partial charge on any atom is -0.481 e. The molecule has 0 atom stereocenters. The summed E-state index contributed by atoms with van der Waals surface area (Å²) in [4.78, 5) is 4.05. The van der Waals surface area contributed by atoms with Crippen LogP contribution in [0.4, 0.5) is 5.69 Å². The molecule has 0 aliphatic heterocycles. The van der Waals surface area contributed by atoms with Crippen LogP contribution in [0.3, 0.4) is 0 Å². The molecular formula is C11H17ClN2O. The van der Waals surface area contributed by atoms with Gasteiger partial charge in [0.2, 0.25) is 5.88 Å². The van der Waals surface area contributed by atoms with Crippen LogP contribution in [0, 0.1) is 0 Å². The van der Waals surface area contributed by atoms with Crippen LogP contribution in [-0.2, 0) is 0 Å². The van der Waals surface area contributed by atoms with E-state index in [2.05, 4.69) is 24.1 Å². The Morgan fingerprint density at radius 2 is 2.27 bits per heavy atom. The Labute approximate surface area is 95.8 Å². The van der Waals surface area contributed by atoms with Crippen LogP contribution in [0.1, 0.15) is 20.3 Å². The number of pyridine rings is 1. The minimum atomic E-state index is -0.0197. The molecule has 0 amide bonds. The monoisotopic (exact) mass is 228 g/mol. The molecule has 0 aliphatic carbocycles. The van der Waals surface area contributed by atoms with Crippen LogP contribution in [0.25, 0.3) is 0 Å². The van der Waals surface area contributed by atoms with Crippen LogP contribution in [0.15, 0.2) is 18.3 Å². The summed E-state index contributed by atoms with van der Waals surface area (Å²) in [5.41, 5.74) is 0.977. The number of rotatable bonds is 5. The Morgan fingerprint density at radius 1 is 1.53 bits per heavy atom. The molecular weight excluding hydrogens is 212 g/mol. The van der Waals surface area contributed by atoms with Crippen LogP contribution < -0.4 is 10.1 Å². The average Bonchev–Trinajstić information content (AvgIpc) is 2.17. The van der Waals surface area contributed by atoms with Crippen molar-refractivity contribution in [1.82, 2.24) is 4.98 Å². The molecule has 1 heterocycles. The van der Waals surface area contributed by atoms with E-state index in [0.717, 1.165) is 12.1 Å². The lowest BCUT2D eigenvalue weighted by Crippen LogP contribution is -2.31. The second-order valence-corrected chi connectivity index (χ2v) is 4.41. The van der Waals surface area contributed by atoms with Gasteiger partial charge in [-0.05, 0) is 26.3 Å². The Balaban J connectivity index is 2.71. The maximum atomic E-state index is 5.73. The van der Waals surface area contributed by atoms with Crippen LogP contribution in [0.5, 0.6) is 5.88 Å². The number of ether oxygens (including phenoxy) is 1. The second kappa shape index (κ2) is 5.21. The minimum absolute atomic E-state index is 0.0197. The first kappa shape index (κ1) is 12.1. The molecule has 1 rings (SSSR count). The Hall–Kier alpha value is -0.960. The zero-order valence-electron chi connectivity index (χ0n) is 9.38. The number of hydrogen-bond acceptors (Lipinski definition) is 3. The van der Waals surface area contributed by atoms with E-state index in [9.17, 15) is 0 Å². The summed E-state index contributed by atoms with van der Waals surface area (Å²) in [5.74, 6) is 1.25. The third kappa shape index (κ3) is 3.96. The molecule has 0 bridgehead atoms. The molecule has 0 saturated carbocycles. The number of methoxy groups -OCH3 is 1. The third-order valence-corrected chi connectivity index (χ3v) is 2.34. The van der Waals surface area contributed by atoms with E-state index in [1.165, 1.54) is 0 Å². The van der Waals surface area contributed by atoms with Gasteiger partial charge in [-0.15, -0.1) is 11.6 Å². The molecule has 1 N–H and O–H groups in total. The molecule has 0 fully saturated rings. The van der Waals surface area contributed by atoms with Crippen molar-refractivity contribution in [2.45, 2.75) is 25.8 Å². The van der Waals surface area contributed by atoms with Gasteiger partial charge in [-0.2, -0.15) is 0 Å². The molecule has 84 valence electrons. The second-order valence-electron chi connectivity index (χ2n) is 4.03. The van der Waals surface area contributed by atoms with Crippen molar-refractivity contribution in [1.29, 1.82) is 0 Å². The summed E-state index contributed by atoms with van der Waals surface area (Å²) in [7, 11) is 1.61. The van der Waals surface area contributed by atoms with Crippen LogP contribution in [-0.4, -0.2) is 23.5 Å². The zero-order chi connectivity index (χ0) is 11.3. The lowest BCUT2D eigenvalue weighted by Gasteiger charge is -2.26. The van der Waals surface area contributed by atoms with Gasteiger partial charge >= 0.3 is 0 Å². The lowest BCUT2D eigenvalue weighted by molar-refractivity contribution is 0.398. The van der Waals surface area contributed by atoms with Crippen LogP contribution in [0.2, 0.25) is 0 Å². The largest absolute Gasteiger partial charge is 0.481 e. The maximum absolute atomic E-state index is 5.73. The number of aromatic nitrogens is 1. The molecule has 1 aromatic heterocycles. The van der Waals surface area contributed by atoms with Gasteiger partial charge < -0.3 is 10.1 Å². The van der Waals surface area contributed by atoms with E-state index >= 15 is 0 Å². The van der Waals surface area contributed by atoms with E-state index in [0.29, 0.717) is 11.8 Å². The summed E-state index contributed by atoms with van der Waals surface area (Å²) in [6, 6.07) is 3.79. The van der Waals surface area contributed by atoms with E-state index in [-0.39, 0.29) is 5.54 Å². The molecule has 15 heavy (non-hydrogen) atoms. The highest BCUT2D eigenvalue weighted by Gasteiger charge is 2.16. The Kier molecular flexibility index (Phi) is 4.21. The zero-order valence-corrected chi connectivity index (χ0v) is 10.1. The maximum Gasteiger partial charge on any atom is 0.214 e. The molecule has 0 spiro atoms. The normalized spacial score (nSPS) is 11.2. The topological polar surface area (TPSA) is 34.1 Å².